The van der Waals surface area contributed by atoms with E-state index in [1.165, 1.54) is 0 Å². The zero-order valence-electron chi connectivity index (χ0n) is 7.09. The van der Waals surface area contributed by atoms with Crippen LogP contribution in [-0.4, -0.2) is 13.1 Å². The SMILES string of the molecule is Cl.NC1(c2cccc(Cl)c2)CNC1. The maximum atomic E-state index is 6.07. The minimum Gasteiger partial charge on any atom is -0.319 e. The maximum absolute atomic E-state index is 6.07. The fourth-order valence-electron chi connectivity index (χ4n) is 1.40. The van der Waals surface area contributed by atoms with Crippen LogP contribution in [0.15, 0.2) is 24.3 Å². The normalized spacial score (nSPS) is 18.6. The van der Waals surface area contributed by atoms with Crippen LogP contribution in [0.3, 0.4) is 0 Å². The Balaban J connectivity index is 0.000000845. The van der Waals surface area contributed by atoms with Crippen molar-refractivity contribution in [2.24, 2.45) is 5.73 Å². The first-order valence-corrected chi connectivity index (χ1v) is 4.34. The van der Waals surface area contributed by atoms with Crippen molar-refractivity contribution >= 4 is 24.0 Å². The summed E-state index contributed by atoms with van der Waals surface area (Å²) in [6, 6.07) is 7.75. The lowest BCUT2D eigenvalue weighted by Gasteiger charge is -2.39. The highest BCUT2D eigenvalue weighted by Gasteiger charge is 2.33. The van der Waals surface area contributed by atoms with E-state index in [0.29, 0.717) is 0 Å². The van der Waals surface area contributed by atoms with E-state index in [4.69, 9.17) is 17.3 Å². The van der Waals surface area contributed by atoms with Crippen molar-refractivity contribution in [3.8, 4) is 0 Å². The molecule has 0 atom stereocenters. The Morgan fingerprint density at radius 2 is 2.08 bits per heavy atom. The molecule has 1 saturated heterocycles. The molecule has 0 bridgehead atoms. The maximum Gasteiger partial charge on any atom is 0.0662 e. The average molecular weight is 219 g/mol. The molecule has 1 aliphatic heterocycles. The van der Waals surface area contributed by atoms with Crippen LogP contribution in [0.25, 0.3) is 0 Å². The summed E-state index contributed by atoms with van der Waals surface area (Å²) in [5, 5.41) is 3.91. The first kappa shape index (κ1) is 10.8. The van der Waals surface area contributed by atoms with Crippen molar-refractivity contribution in [1.82, 2.24) is 5.32 Å². The number of nitrogens with one attached hydrogen (secondary N) is 1. The Labute approximate surface area is 88.9 Å². The Hall–Kier alpha value is -0.280. The number of benzene rings is 1. The summed E-state index contributed by atoms with van der Waals surface area (Å²) in [5.74, 6) is 0. The van der Waals surface area contributed by atoms with Gasteiger partial charge in [0.15, 0.2) is 0 Å². The zero-order chi connectivity index (χ0) is 8.60. The van der Waals surface area contributed by atoms with Gasteiger partial charge in [-0.25, -0.2) is 0 Å². The molecule has 2 rings (SSSR count). The van der Waals surface area contributed by atoms with Gasteiger partial charge < -0.3 is 11.1 Å². The quantitative estimate of drug-likeness (QED) is 0.751. The molecular weight excluding hydrogens is 207 g/mol. The minimum atomic E-state index is -0.190. The van der Waals surface area contributed by atoms with Crippen LogP contribution in [0, 0.1) is 0 Å². The molecule has 0 saturated carbocycles. The first-order chi connectivity index (χ1) is 5.71. The second-order valence-corrected chi connectivity index (χ2v) is 3.71. The van der Waals surface area contributed by atoms with Crippen molar-refractivity contribution in [1.29, 1.82) is 0 Å². The van der Waals surface area contributed by atoms with Crippen LogP contribution in [0.1, 0.15) is 5.56 Å². The fraction of sp³-hybridized carbons (Fsp3) is 0.333. The van der Waals surface area contributed by atoms with Gasteiger partial charge in [-0.3, -0.25) is 0 Å². The Kier molecular flexibility index (Phi) is 3.19. The van der Waals surface area contributed by atoms with Crippen molar-refractivity contribution in [3.05, 3.63) is 34.9 Å². The standard InChI is InChI=1S/C9H11ClN2.ClH/c10-8-3-1-2-7(4-8)9(11)5-12-6-9;/h1-4,12H,5-6,11H2;1H. The van der Waals surface area contributed by atoms with Crippen LogP contribution in [-0.2, 0) is 5.54 Å². The van der Waals surface area contributed by atoms with E-state index in [1.54, 1.807) is 0 Å². The number of hydrogen-bond donors (Lipinski definition) is 2. The van der Waals surface area contributed by atoms with E-state index in [9.17, 15) is 0 Å². The molecule has 72 valence electrons. The molecule has 1 heterocycles. The lowest BCUT2D eigenvalue weighted by atomic mass is 9.85. The van der Waals surface area contributed by atoms with Crippen LogP contribution in [0.4, 0.5) is 0 Å². The summed E-state index contributed by atoms with van der Waals surface area (Å²) in [7, 11) is 0. The largest absolute Gasteiger partial charge is 0.319 e. The van der Waals surface area contributed by atoms with Crippen molar-refractivity contribution in [2.45, 2.75) is 5.54 Å². The number of hydrogen-bond acceptors (Lipinski definition) is 2. The van der Waals surface area contributed by atoms with Gasteiger partial charge >= 0.3 is 0 Å². The smallest absolute Gasteiger partial charge is 0.0662 e. The summed E-state index contributed by atoms with van der Waals surface area (Å²) in [6.07, 6.45) is 0. The molecule has 13 heavy (non-hydrogen) atoms. The molecule has 0 aromatic heterocycles. The van der Waals surface area contributed by atoms with Crippen LogP contribution in [0.2, 0.25) is 5.02 Å². The van der Waals surface area contributed by atoms with Gasteiger partial charge in [0.1, 0.15) is 0 Å². The van der Waals surface area contributed by atoms with Gasteiger partial charge in [0.2, 0.25) is 0 Å². The molecule has 3 N–H and O–H groups in total. The lowest BCUT2D eigenvalue weighted by molar-refractivity contribution is 0.287. The third kappa shape index (κ3) is 1.97. The van der Waals surface area contributed by atoms with Crippen molar-refractivity contribution in [2.75, 3.05) is 13.1 Å². The van der Waals surface area contributed by atoms with Crippen molar-refractivity contribution in [3.63, 3.8) is 0 Å². The van der Waals surface area contributed by atoms with Gasteiger partial charge in [-0.05, 0) is 17.7 Å². The highest BCUT2D eigenvalue weighted by atomic mass is 35.5. The van der Waals surface area contributed by atoms with Crippen LogP contribution >= 0.6 is 24.0 Å². The Morgan fingerprint density at radius 3 is 2.54 bits per heavy atom. The average Bonchev–Trinajstić information content (AvgIpc) is 2.00. The van der Waals surface area contributed by atoms with E-state index in [1.807, 2.05) is 24.3 Å². The molecule has 1 aliphatic rings. The molecular formula is C9H12Cl2N2. The number of halogens is 2. The molecule has 1 fully saturated rings. The van der Waals surface area contributed by atoms with Crippen molar-refractivity contribution < 1.29 is 0 Å². The van der Waals surface area contributed by atoms with Gasteiger partial charge in [-0.2, -0.15) is 0 Å². The second-order valence-electron chi connectivity index (χ2n) is 3.27. The second kappa shape index (κ2) is 3.84. The van der Waals surface area contributed by atoms with E-state index in [0.717, 1.165) is 23.7 Å². The molecule has 0 aliphatic carbocycles. The molecule has 1 aromatic carbocycles. The number of nitrogens with two attached hydrogens (primary N) is 1. The Morgan fingerprint density at radius 1 is 1.38 bits per heavy atom. The predicted octanol–water partition coefficient (Wildman–Crippen LogP) is 1.52. The summed E-state index contributed by atoms with van der Waals surface area (Å²) in [5.41, 5.74) is 7.00. The molecule has 0 spiro atoms. The summed E-state index contributed by atoms with van der Waals surface area (Å²) < 4.78 is 0. The zero-order valence-corrected chi connectivity index (χ0v) is 8.66. The topological polar surface area (TPSA) is 38.0 Å². The summed E-state index contributed by atoms with van der Waals surface area (Å²) in [4.78, 5) is 0. The molecule has 0 unspecified atom stereocenters. The van der Waals surface area contributed by atoms with E-state index in [-0.39, 0.29) is 17.9 Å². The monoisotopic (exact) mass is 218 g/mol. The van der Waals surface area contributed by atoms with Crippen LogP contribution in [0.5, 0.6) is 0 Å². The van der Waals surface area contributed by atoms with Gasteiger partial charge in [-0.1, -0.05) is 23.7 Å². The molecule has 0 amide bonds. The Bertz CT molecular complexity index is 297. The fourth-order valence-corrected chi connectivity index (χ4v) is 1.59. The molecule has 2 nitrogen and oxygen atoms in total. The predicted molar refractivity (Wildman–Crippen MR) is 57.4 cm³/mol. The van der Waals surface area contributed by atoms with Gasteiger partial charge in [0, 0.05) is 18.1 Å². The third-order valence-corrected chi connectivity index (χ3v) is 2.52. The summed E-state index contributed by atoms with van der Waals surface area (Å²) in [6.45, 7) is 1.68. The highest BCUT2D eigenvalue weighted by molar-refractivity contribution is 6.30. The van der Waals surface area contributed by atoms with Gasteiger partial charge in [0.25, 0.3) is 0 Å². The van der Waals surface area contributed by atoms with E-state index >= 15 is 0 Å². The van der Waals surface area contributed by atoms with Gasteiger partial charge in [-0.15, -0.1) is 12.4 Å². The van der Waals surface area contributed by atoms with E-state index < -0.39 is 0 Å². The summed E-state index contributed by atoms with van der Waals surface area (Å²) >= 11 is 5.86. The minimum absolute atomic E-state index is 0. The first-order valence-electron chi connectivity index (χ1n) is 3.96. The molecule has 4 heteroatoms. The lowest BCUT2D eigenvalue weighted by Crippen LogP contribution is -2.62. The van der Waals surface area contributed by atoms with Crippen LogP contribution < -0.4 is 11.1 Å². The van der Waals surface area contributed by atoms with Gasteiger partial charge in [0.05, 0.1) is 5.54 Å². The third-order valence-electron chi connectivity index (χ3n) is 2.28. The van der Waals surface area contributed by atoms with E-state index in [2.05, 4.69) is 5.32 Å². The molecule has 0 radical (unpaired) electrons. The molecule has 1 aromatic rings. The highest BCUT2D eigenvalue weighted by Crippen LogP contribution is 2.24. The number of rotatable bonds is 1.